The molecular weight excluding hydrogens is 368 g/mol. The van der Waals surface area contributed by atoms with E-state index in [4.69, 9.17) is 14.5 Å². The second-order valence-electron chi connectivity index (χ2n) is 7.85. The minimum atomic E-state index is 0.205. The molecule has 0 radical (unpaired) electrons. The van der Waals surface area contributed by atoms with Crippen LogP contribution in [-0.2, 0) is 11.3 Å². The molecule has 1 saturated carbocycles. The molecule has 1 heterocycles. The minimum Gasteiger partial charge on any atom is -0.497 e. The number of carbonyl (C=O) groups is 1. The molecule has 1 aliphatic carbocycles. The van der Waals surface area contributed by atoms with Gasteiger partial charge in [0.05, 0.1) is 19.8 Å². The summed E-state index contributed by atoms with van der Waals surface area (Å²) in [6.07, 6.45) is 6.36. The Kier molecular flexibility index (Phi) is 7.61. The van der Waals surface area contributed by atoms with Crippen molar-refractivity contribution in [2.75, 3.05) is 27.2 Å². The smallest absolute Gasteiger partial charge is 0.222 e. The minimum absolute atomic E-state index is 0.205. The lowest BCUT2D eigenvalue weighted by Crippen LogP contribution is -2.51. The molecule has 1 aliphatic heterocycles. The Hall–Kier alpha value is -2.44. The van der Waals surface area contributed by atoms with Gasteiger partial charge in [-0.05, 0) is 51.2 Å². The van der Waals surface area contributed by atoms with Crippen molar-refractivity contribution in [3.8, 4) is 11.5 Å². The summed E-state index contributed by atoms with van der Waals surface area (Å²) in [5.74, 6) is 2.63. The molecule has 7 heteroatoms. The fourth-order valence-corrected chi connectivity index (χ4v) is 3.90. The maximum absolute atomic E-state index is 11.7. The van der Waals surface area contributed by atoms with Crippen LogP contribution in [0.15, 0.2) is 23.2 Å². The van der Waals surface area contributed by atoms with E-state index in [0.29, 0.717) is 19.5 Å². The van der Waals surface area contributed by atoms with Gasteiger partial charge in [0.1, 0.15) is 11.5 Å². The summed E-state index contributed by atoms with van der Waals surface area (Å²) in [7, 11) is 3.52. The topological polar surface area (TPSA) is 75.2 Å². The van der Waals surface area contributed by atoms with E-state index in [9.17, 15) is 4.79 Å². The molecule has 0 spiro atoms. The molecule has 0 aromatic heterocycles. The Labute approximate surface area is 173 Å². The van der Waals surface area contributed by atoms with Gasteiger partial charge in [-0.25, -0.2) is 4.99 Å². The number of benzene rings is 1. The normalized spacial score (nSPS) is 20.7. The molecule has 2 aliphatic rings. The van der Waals surface area contributed by atoms with Crippen LogP contribution in [0.3, 0.4) is 0 Å². The zero-order valence-electron chi connectivity index (χ0n) is 17.9. The van der Waals surface area contributed by atoms with Gasteiger partial charge in [0.2, 0.25) is 5.91 Å². The number of rotatable bonds is 7. The SMILES string of the molecule is CCNC(=NCc1ccc(OC)cc1OC1CCCC1)NC1CCC(=O)N(C)C1. The second kappa shape index (κ2) is 10.4. The number of nitrogens with zero attached hydrogens (tertiary/aromatic N) is 2. The lowest BCUT2D eigenvalue weighted by Gasteiger charge is -2.31. The molecule has 2 N–H and O–H groups in total. The van der Waals surface area contributed by atoms with E-state index in [2.05, 4.69) is 17.6 Å². The first-order valence-electron chi connectivity index (χ1n) is 10.7. The highest BCUT2D eigenvalue weighted by Crippen LogP contribution is 2.30. The molecule has 7 nitrogen and oxygen atoms in total. The van der Waals surface area contributed by atoms with Crippen LogP contribution in [-0.4, -0.2) is 56.2 Å². The van der Waals surface area contributed by atoms with Gasteiger partial charge in [-0.2, -0.15) is 0 Å². The van der Waals surface area contributed by atoms with Crippen molar-refractivity contribution in [2.24, 2.45) is 4.99 Å². The van der Waals surface area contributed by atoms with Gasteiger partial charge in [0, 0.05) is 44.2 Å². The molecule has 1 atom stereocenters. The molecule has 1 aromatic carbocycles. The van der Waals surface area contributed by atoms with Crippen molar-refractivity contribution in [3.05, 3.63) is 23.8 Å². The fourth-order valence-electron chi connectivity index (χ4n) is 3.90. The maximum Gasteiger partial charge on any atom is 0.222 e. The maximum atomic E-state index is 11.7. The van der Waals surface area contributed by atoms with Crippen LogP contribution < -0.4 is 20.1 Å². The third-order valence-corrected chi connectivity index (χ3v) is 5.59. The molecule has 1 unspecified atom stereocenters. The summed E-state index contributed by atoms with van der Waals surface area (Å²) >= 11 is 0. The Morgan fingerprint density at radius 1 is 1.28 bits per heavy atom. The standard InChI is InChI=1S/C22H34N4O3/c1-4-23-22(25-17-10-12-21(27)26(2)15-17)24-14-16-9-11-19(28-3)13-20(16)29-18-7-5-6-8-18/h9,11,13,17-18H,4-8,10,12,14-15H2,1-3H3,(H2,23,24,25). The molecule has 29 heavy (non-hydrogen) atoms. The van der Waals surface area contributed by atoms with Gasteiger partial charge in [-0.15, -0.1) is 0 Å². The van der Waals surface area contributed by atoms with Crippen LogP contribution in [0.1, 0.15) is 51.0 Å². The van der Waals surface area contributed by atoms with E-state index in [1.807, 2.05) is 25.2 Å². The van der Waals surface area contributed by atoms with E-state index in [0.717, 1.165) is 48.8 Å². The molecule has 2 fully saturated rings. The number of hydrogen-bond acceptors (Lipinski definition) is 4. The largest absolute Gasteiger partial charge is 0.497 e. The van der Waals surface area contributed by atoms with Crippen LogP contribution in [0.4, 0.5) is 0 Å². The van der Waals surface area contributed by atoms with Gasteiger partial charge in [-0.3, -0.25) is 4.79 Å². The predicted molar refractivity (Wildman–Crippen MR) is 114 cm³/mol. The van der Waals surface area contributed by atoms with Crippen molar-refractivity contribution < 1.29 is 14.3 Å². The molecule has 160 valence electrons. The Morgan fingerprint density at radius 2 is 2.07 bits per heavy atom. The van der Waals surface area contributed by atoms with Crippen LogP contribution in [0.25, 0.3) is 0 Å². The first-order chi connectivity index (χ1) is 14.1. The quantitative estimate of drug-likeness (QED) is 0.542. The third kappa shape index (κ3) is 6.02. The van der Waals surface area contributed by atoms with Gasteiger partial charge in [0.15, 0.2) is 5.96 Å². The third-order valence-electron chi connectivity index (χ3n) is 5.59. The Bertz CT molecular complexity index is 716. The molecular formula is C22H34N4O3. The van der Waals surface area contributed by atoms with Crippen LogP contribution in [0, 0.1) is 0 Å². The van der Waals surface area contributed by atoms with E-state index in [-0.39, 0.29) is 18.1 Å². The summed E-state index contributed by atoms with van der Waals surface area (Å²) in [6, 6.07) is 6.16. The van der Waals surface area contributed by atoms with Crippen molar-refractivity contribution in [1.29, 1.82) is 0 Å². The second-order valence-corrected chi connectivity index (χ2v) is 7.85. The lowest BCUT2D eigenvalue weighted by atomic mass is 10.1. The van der Waals surface area contributed by atoms with Gasteiger partial charge >= 0.3 is 0 Å². The number of amides is 1. The number of nitrogens with one attached hydrogen (secondary N) is 2. The number of aliphatic imine (C=N–C) groups is 1. The average Bonchev–Trinajstić information content (AvgIpc) is 3.23. The molecule has 3 rings (SSSR count). The van der Waals surface area contributed by atoms with Crippen molar-refractivity contribution in [2.45, 2.75) is 64.1 Å². The number of methoxy groups -OCH3 is 1. The van der Waals surface area contributed by atoms with E-state index in [1.54, 1.807) is 12.0 Å². The zero-order chi connectivity index (χ0) is 20.6. The van der Waals surface area contributed by atoms with Crippen LogP contribution in [0.5, 0.6) is 11.5 Å². The predicted octanol–water partition coefficient (Wildman–Crippen LogP) is 2.69. The van der Waals surface area contributed by atoms with Crippen LogP contribution in [0.2, 0.25) is 0 Å². The highest BCUT2D eigenvalue weighted by Gasteiger charge is 2.23. The summed E-state index contributed by atoms with van der Waals surface area (Å²) in [5, 5.41) is 6.78. The van der Waals surface area contributed by atoms with Gasteiger partial charge in [0.25, 0.3) is 0 Å². The van der Waals surface area contributed by atoms with Gasteiger partial charge < -0.3 is 25.0 Å². The van der Waals surface area contributed by atoms with E-state index < -0.39 is 0 Å². The fraction of sp³-hybridized carbons (Fsp3) is 0.636. The summed E-state index contributed by atoms with van der Waals surface area (Å²) in [6.45, 7) is 4.04. The first-order valence-corrected chi connectivity index (χ1v) is 10.7. The van der Waals surface area contributed by atoms with Gasteiger partial charge in [-0.1, -0.05) is 0 Å². The lowest BCUT2D eigenvalue weighted by molar-refractivity contribution is -0.132. The number of likely N-dealkylation sites (tertiary alicyclic amines) is 1. The first kappa shape index (κ1) is 21.3. The number of guanidine groups is 1. The Morgan fingerprint density at radius 3 is 2.76 bits per heavy atom. The van der Waals surface area contributed by atoms with Crippen LogP contribution >= 0.6 is 0 Å². The number of ether oxygens (including phenoxy) is 2. The van der Waals surface area contributed by atoms with E-state index >= 15 is 0 Å². The van der Waals surface area contributed by atoms with E-state index in [1.165, 1.54) is 12.8 Å². The highest BCUT2D eigenvalue weighted by molar-refractivity contribution is 5.81. The monoisotopic (exact) mass is 402 g/mol. The number of hydrogen-bond donors (Lipinski definition) is 2. The molecule has 0 bridgehead atoms. The average molecular weight is 403 g/mol. The molecule has 1 aromatic rings. The summed E-state index contributed by atoms with van der Waals surface area (Å²) in [5.41, 5.74) is 1.05. The van der Waals surface area contributed by atoms with Crippen molar-refractivity contribution in [3.63, 3.8) is 0 Å². The van der Waals surface area contributed by atoms with Crippen molar-refractivity contribution >= 4 is 11.9 Å². The number of likely N-dealkylation sites (N-methyl/N-ethyl adjacent to an activating group) is 1. The summed E-state index contributed by atoms with van der Waals surface area (Å²) in [4.78, 5) is 18.3. The zero-order valence-corrected chi connectivity index (χ0v) is 17.9. The number of carbonyl (C=O) groups excluding carboxylic acids is 1. The summed E-state index contributed by atoms with van der Waals surface area (Å²) < 4.78 is 11.7. The highest BCUT2D eigenvalue weighted by atomic mass is 16.5. The number of piperidine rings is 1. The van der Waals surface area contributed by atoms with Crippen molar-refractivity contribution in [1.82, 2.24) is 15.5 Å². The molecule has 1 saturated heterocycles. The Balaban J connectivity index is 1.69. The molecule has 1 amide bonds.